The summed E-state index contributed by atoms with van der Waals surface area (Å²) in [6.45, 7) is 9.45. The molecule has 0 heterocycles. The van der Waals surface area contributed by atoms with Crippen molar-refractivity contribution in [2.24, 2.45) is 5.92 Å². The third kappa shape index (κ3) is 5.81. The van der Waals surface area contributed by atoms with E-state index < -0.39 is 0 Å². The molecule has 22 heavy (non-hydrogen) atoms. The summed E-state index contributed by atoms with van der Waals surface area (Å²) in [7, 11) is 0. The molecule has 0 saturated heterocycles. The first-order valence-electron chi connectivity index (χ1n) is 8.27. The zero-order chi connectivity index (χ0) is 16.2. The van der Waals surface area contributed by atoms with Gasteiger partial charge in [-0.1, -0.05) is 18.0 Å². The third-order valence-corrected chi connectivity index (χ3v) is 5.21. The van der Waals surface area contributed by atoms with Gasteiger partial charge in [0.25, 0.3) is 0 Å². The zero-order valence-corrected chi connectivity index (χ0v) is 15.0. The van der Waals surface area contributed by atoms with Crippen molar-refractivity contribution < 1.29 is 4.39 Å². The van der Waals surface area contributed by atoms with Gasteiger partial charge in [0, 0.05) is 23.0 Å². The van der Waals surface area contributed by atoms with Gasteiger partial charge in [0.2, 0.25) is 0 Å². The molecule has 1 aromatic rings. The summed E-state index contributed by atoms with van der Waals surface area (Å²) in [5.74, 6) is 0.569. The molecule has 0 aliphatic heterocycles. The predicted octanol–water partition coefficient (Wildman–Crippen LogP) is 5.14. The van der Waals surface area contributed by atoms with Crippen LogP contribution in [0, 0.1) is 18.7 Å². The highest BCUT2D eigenvalue weighted by Crippen LogP contribution is 2.28. The van der Waals surface area contributed by atoms with Gasteiger partial charge < -0.3 is 5.32 Å². The Morgan fingerprint density at radius 3 is 2.45 bits per heavy atom. The molecule has 1 aliphatic carbocycles. The van der Waals surface area contributed by atoms with Crippen LogP contribution in [0.15, 0.2) is 18.2 Å². The van der Waals surface area contributed by atoms with Crippen LogP contribution in [0.1, 0.15) is 52.0 Å². The lowest BCUT2D eigenvalue weighted by Crippen LogP contribution is -2.33. The fourth-order valence-electron chi connectivity index (χ4n) is 2.71. The monoisotopic (exact) mass is 324 g/mol. The molecule has 0 bridgehead atoms. The van der Waals surface area contributed by atoms with Crippen LogP contribution in [0.5, 0.6) is 0 Å². The first-order valence-corrected chi connectivity index (χ1v) is 9.09. The van der Waals surface area contributed by atoms with Gasteiger partial charge in [-0.05, 0) is 77.0 Å². The summed E-state index contributed by atoms with van der Waals surface area (Å²) in [5.41, 5.74) is 1.60. The number of anilines is 1. The number of aryl methyl sites for hydroxylation is 1. The lowest BCUT2D eigenvalue weighted by Gasteiger charge is -2.31. The van der Waals surface area contributed by atoms with Gasteiger partial charge in [-0.25, -0.2) is 4.39 Å². The number of hydrogen-bond acceptors (Lipinski definition) is 3. The Kier molecular flexibility index (Phi) is 6.16. The molecular formula is C18H29FN2S. The highest BCUT2D eigenvalue weighted by atomic mass is 32.2. The van der Waals surface area contributed by atoms with E-state index in [1.54, 1.807) is 13.0 Å². The van der Waals surface area contributed by atoms with Gasteiger partial charge in [-0.2, -0.15) is 0 Å². The molecule has 0 unspecified atom stereocenters. The quantitative estimate of drug-likeness (QED) is 0.733. The number of hydrogen-bond donors (Lipinski definition) is 2. The van der Waals surface area contributed by atoms with Gasteiger partial charge in [-0.3, -0.25) is 4.72 Å². The summed E-state index contributed by atoms with van der Waals surface area (Å²) in [4.78, 5) is 0. The van der Waals surface area contributed by atoms with E-state index in [-0.39, 0.29) is 10.6 Å². The second-order valence-corrected chi connectivity index (χ2v) is 9.06. The molecule has 1 fully saturated rings. The van der Waals surface area contributed by atoms with Crippen molar-refractivity contribution in [3.8, 4) is 0 Å². The highest BCUT2D eigenvalue weighted by molar-refractivity contribution is 7.98. The molecule has 1 aliphatic rings. The van der Waals surface area contributed by atoms with E-state index in [1.165, 1.54) is 25.7 Å². The zero-order valence-electron chi connectivity index (χ0n) is 14.2. The Morgan fingerprint density at radius 1 is 1.18 bits per heavy atom. The van der Waals surface area contributed by atoms with Gasteiger partial charge >= 0.3 is 0 Å². The van der Waals surface area contributed by atoms with Crippen LogP contribution >= 0.6 is 11.9 Å². The van der Waals surface area contributed by atoms with Crippen LogP contribution in [-0.2, 0) is 0 Å². The van der Waals surface area contributed by atoms with E-state index in [0.29, 0.717) is 17.5 Å². The Bertz CT molecular complexity index is 476. The number of rotatable bonds is 5. The number of nitrogens with one attached hydrogen (secondary N) is 2. The SMILES string of the molecule is Cc1ccc(NCC2CCC(NSC(C)(C)C)CC2)cc1F. The molecule has 1 saturated carbocycles. The Morgan fingerprint density at radius 2 is 1.86 bits per heavy atom. The molecule has 124 valence electrons. The van der Waals surface area contributed by atoms with Crippen molar-refractivity contribution in [2.45, 2.75) is 64.2 Å². The summed E-state index contributed by atoms with van der Waals surface area (Å²) in [5, 5.41) is 3.39. The maximum atomic E-state index is 13.5. The van der Waals surface area contributed by atoms with Crippen LogP contribution < -0.4 is 10.0 Å². The van der Waals surface area contributed by atoms with Gasteiger partial charge in [0.05, 0.1) is 0 Å². The van der Waals surface area contributed by atoms with Crippen molar-refractivity contribution in [3.05, 3.63) is 29.6 Å². The van der Waals surface area contributed by atoms with Crippen molar-refractivity contribution in [1.82, 2.24) is 4.72 Å². The molecule has 0 amide bonds. The van der Waals surface area contributed by atoms with Gasteiger partial charge in [0.1, 0.15) is 5.82 Å². The molecule has 0 spiro atoms. The van der Waals surface area contributed by atoms with E-state index in [4.69, 9.17) is 0 Å². The Hall–Kier alpha value is -0.740. The summed E-state index contributed by atoms with van der Waals surface area (Å²) in [6, 6.07) is 6.04. The number of benzene rings is 1. The second-order valence-electron chi connectivity index (χ2n) is 7.39. The standard InChI is InChI=1S/C18H29FN2S/c1-13-5-8-16(11-17(13)19)20-12-14-6-9-15(10-7-14)21-22-18(2,3)4/h5,8,11,14-15,20-21H,6-7,9-10,12H2,1-4H3. The minimum atomic E-state index is -0.128. The third-order valence-electron chi connectivity index (χ3n) is 4.15. The maximum absolute atomic E-state index is 13.5. The van der Waals surface area contributed by atoms with Crippen molar-refractivity contribution in [3.63, 3.8) is 0 Å². The van der Waals surface area contributed by atoms with Gasteiger partial charge in [-0.15, -0.1) is 0 Å². The normalized spacial score (nSPS) is 22.6. The molecule has 0 aromatic heterocycles. The topological polar surface area (TPSA) is 24.1 Å². The molecule has 2 N–H and O–H groups in total. The smallest absolute Gasteiger partial charge is 0.128 e. The first-order chi connectivity index (χ1) is 10.3. The van der Waals surface area contributed by atoms with Crippen LogP contribution in [0.25, 0.3) is 0 Å². The minimum Gasteiger partial charge on any atom is -0.385 e. The van der Waals surface area contributed by atoms with Gasteiger partial charge in [0.15, 0.2) is 0 Å². The highest BCUT2D eigenvalue weighted by Gasteiger charge is 2.22. The minimum absolute atomic E-state index is 0.128. The summed E-state index contributed by atoms with van der Waals surface area (Å²) >= 11 is 1.85. The van der Waals surface area contributed by atoms with E-state index in [2.05, 4.69) is 30.8 Å². The lowest BCUT2D eigenvalue weighted by atomic mass is 9.86. The van der Waals surface area contributed by atoms with E-state index in [1.807, 2.05) is 24.1 Å². The number of halogens is 1. The molecule has 2 rings (SSSR count). The molecule has 2 nitrogen and oxygen atoms in total. The lowest BCUT2D eigenvalue weighted by molar-refractivity contribution is 0.328. The average molecular weight is 325 g/mol. The van der Waals surface area contributed by atoms with E-state index >= 15 is 0 Å². The fraction of sp³-hybridized carbons (Fsp3) is 0.667. The van der Waals surface area contributed by atoms with Crippen molar-refractivity contribution >= 4 is 17.6 Å². The largest absolute Gasteiger partial charge is 0.385 e. The van der Waals surface area contributed by atoms with E-state index in [9.17, 15) is 4.39 Å². The first kappa shape index (κ1) is 17.6. The Labute approximate surface area is 138 Å². The molecule has 0 radical (unpaired) electrons. The fourth-order valence-corrected chi connectivity index (χ4v) is 3.47. The Balaban J connectivity index is 1.70. The average Bonchev–Trinajstić information content (AvgIpc) is 2.47. The van der Waals surface area contributed by atoms with Crippen LogP contribution in [-0.4, -0.2) is 17.3 Å². The van der Waals surface area contributed by atoms with Crippen molar-refractivity contribution in [1.29, 1.82) is 0 Å². The van der Waals surface area contributed by atoms with Crippen molar-refractivity contribution in [2.75, 3.05) is 11.9 Å². The van der Waals surface area contributed by atoms with Crippen LogP contribution in [0.4, 0.5) is 10.1 Å². The van der Waals surface area contributed by atoms with Crippen LogP contribution in [0.3, 0.4) is 0 Å². The molecular weight excluding hydrogens is 295 g/mol. The maximum Gasteiger partial charge on any atom is 0.128 e. The summed E-state index contributed by atoms with van der Waals surface area (Å²) < 4.78 is 17.4. The molecule has 4 heteroatoms. The molecule has 1 aromatic carbocycles. The van der Waals surface area contributed by atoms with E-state index in [0.717, 1.165) is 12.2 Å². The summed E-state index contributed by atoms with van der Waals surface area (Å²) in [6.07, 6.45) is 4.95. The van der Waals surface area contributed by atoms with Crippen LogP contribution in [0.2, 0.25) is 0 Å². The second kappa shape index (κ2) is 7.69. The predicted molar refractivity (Wildman–Crippen MR) is 95.9 cm³/mol. The molecule has 0 atom stereocenters.